The van der Waals surface area contributed by atoms with Gasteiger partial charge in [0.15, 0.2) is 0 Å². The maximum atomic E-state index is 13.6. The molecular formula is C21H19ClFN3O3. The van der Waals surface area contributed by atoms with Crippen molar-refractivity contribution in [1.82, 2.24) is 15.2 Å². The number of methoxy groups -OCH3 is 1. The molecule has 0 spiro atoms. The zero-order chi connectivity index (χ0) is 20.8. The minimum atomic E-state index is -0.601. The second kappa shape index (κ2) is 9.25. The van der Waals surface area contributed by atoms with Gasteiger partial charge in [0.1, 0.15) is 11.6 Å². The van der Waals surface area contributed by atoms with Crippen LogP contribution in [0.2, 0.25) is 5.02 Å². The van der Waals surface area contributed by atoms with E-state index in [1.807, 2.05) is 29.1 Å². The summed E-state index contributed by atoms with van der Waals surface area (Å²) in [5.74, 6) is -1.18. The highest BCUT2D eigenvalue weighted by Crippen LogP contribution is 2.29. The summed E-state index contributed by atoms with van der Waals surface area (Å²) in [6.45, 7) is 0.287. The summed E-state index contributed by atoms with van der Waals surface area (Å²) >= 11 is 6.33. The molecule has 0 aliphatic carbocycles. The normalized spacial score (nSPS) is 10.4. The first-order valence-corrected chi connectivity index (χ1v) is 9.21. The fraction of sp³-hybridized carbons (Fsp3) is 0.143. The van der Waals surface area contributed by atoms with E-state index in [4.69, 9.17) is 16.3 Å². The molecule has 0 saturated carbocycles. The predicted octanol–water partition coefficient (Wildman–Crippen LogP) is 3.44. The van der Waals surface area contributed by atoms with E-state index >= 15 is 0 Å². The number of nitrogens with zero attached hydrogens (tertiary/aromatic N) is 1. The first kappa shape index (κ1) is 20.4. The Labute approximate surface area is 172 Å². The van der Waals surface area contributed by atoms with Gasteiger partial charge in [-0.1, -0.05) is 23.7 Å². The molecule has 0 saturated heterocycles. The molecule has 150 valence electrons. The van der Waals surface area contributed by atoms with E-state index in [1.54, 1.807) is 12.1 Å². The third-order valence-corrected chi connectivity index (χ3v) is 4.51. The van der Waals surface area contributed by atoms with Crippen LogP contribution in [0.25, 0.3) is 5.69 Å². The Balaban J connectivity index is 1.61. The Hall–Kier alpha value is -3.32. The van der Waals surface area contributed by atoms with Crippen LogP contribution in [0.15, 0.2) is 60.9 Å². The molecule has 6 nitrogen and oxygen atoms in total. The molecule has 0 aliphatic rings. The molecule has 2 aromatic carbocycles. The summed E-state index contributed by atoms with van der Waals surface area (Å²) in [5.41, 5.74) is 0.906. The lowest BCUT2D eigenvalue weighted by Gasteiger charge is -2.14. The van der Waals surface area contributed by atoms with Crippen LogP contribution in [0, 0.1) is 5.82 Å². The van der Waals surface area contributed by atoms with Crippen molar-refractivity contribution in [2.75, 3.05) is 20.2 Å². The standard InChI is InChI=1S/C21H19ClFN3O3/c1-29-19-13-18(26-10-4-5-11-26)16(22)12-15(19)21(28)25-9-8-24-20(27)14-6-2-3-7-17(14)23/h2-7,10-13H,8-9H2,1H3,(H,24,27)(H,25,28). The van der Waals surface area contributed by atoms with Crippen molar-refractivity contribution in [2.24, 2.45) is 0 Å². The van der Waals surface area contributed by atoms with Crippen LogP contribution in [0.4, 0.5) is 4.39 Å². The van der Waals surface area contributed by atoms with E-state index in [1.165, 1.54) is 31.4 Å². The number of hydrogen-bond acceptors (Lipinski definition) is 3. The number of nitrogens with one attached hydrogen (secondary N) is 2. The molecule has 29 heavy (non-hydrogen) atoms. The highest BCUT2D eigenvalue weighted by Gasteiger charge is 2.17. The minimum absolute atomic E-state index is 0.0483. The molecule has 2 amide bonds. The highest BCUT2D eigenvalue weighted by molar-refractivity contribution is 6.33. The molecule has 0 bridgehead atoms. The van der Waals surface area contributed by atoms with Gasteiger partial charge in [-0.05, 0) is 30.3 Å². The lowest BCUT2D eigenvalue weighted by molar-refractivity contribution is 0.0924. The van der Waals surface area contributed by atoms with Crippen LogP contribution in [-0.2, 0) is 0 Å². The first-order chi connectivity index (χ1) is 14.0. The van der Waals surface area contributed by atoms with E-state index < -0.39 is 17.6 Å². The van der Waals surface area contributed by atoms with Crippen molar-refractivity contribution >= 4 is 23.4 Å². The smallest absolute Gasteiger partial charge is 0.255 e. The minimum Gasteiger partial charge on any atom is -0.496 e. The average molecular weight is 416 g/mol. The van der Waals surface area contributed by atoms with Crippen LogP contribution in [0.1, 0.15) is 20.7 Å². The molecule has 2 N–H and O–H groups in total. The van der Waals surface area contributed by atoms with E-state index in [-0.39, 0.29) is 24.2 Å². The van der Waals surface area contributed by atoms with Crippen molar-refractivity contribution in [3.8, 4) is 11.4 Å². The van der Waals surface area contributed by atoms with E-state index in [2.05, 4.69) is 10.6 Å². The second-order valence-electron chi connectivity index (χ2n) is 6.09. The third kappa shape index (κ3) is 4.75. The summed E-state index contributed by atoms with van der Waals surface area (Å²) in [4.78, 5) is 24.5. The van der Waals surface area contributed by atoms with Gasteiger partial charge in [-0.3, -0.25) is 9.59 Å². The zero-order valence-electron chi connectivity index (χ0n) is 15.6. The molecule has 0 aliphatic heterocycles. The lowest BCUT2D eigenvalue weighted by Crippen LogP contribution is -2.35. The SMILES string of the molecule is COc1cc(-n2cccc2)c(Cl)cc1C(=O)NCCNC(=O)c1ccccc1F. The topological polar surface area (TPSA) is 72.4 Å². The van der Waals surface area contributed by atoms with Crippen molar-refractivity contribution in [3.63, 3.8) is 0 Å². The van der Waals surface area contributed by atoms with Gasteiger partial charge in [-0.25, -0.2) is 4.39 Å². The summed E-state index contributed by atoms with van der Waals surface area (Å²) in [6.07, 6.45) is 3.66. The molecule has 0 unspecified atom stereocenters. The van der Waals surface area contributed by atoms with Crippen LogP contribution in [0.3, 0.4) is 0 Å². The van der Waals surface area contributed by atoms with Gasteiger partial charge in [0.25, 0.3) is 11.8 Å². The average Bonchev–Trinajstić information content (AvgIpc) is 3.25. The fourth-order valence-corrected chi connectivity index (χ4v) is 3.03. The van der Waals surface area contributed by atoms with Crippen LogP contribution in [0.5, 0.6) is 5.75 Å². The molecule has 8 heteroatoms. The maximum Gasteiger partial charge on any atom is 0.255 e. The number of rotatable bonds is 7. The van der Waals surface area contributed by atoms with Crippen molar-refractivity contribution in [3.05, 3.63) is 82.9 Å². The van der Waals surface area contributed by atoms with Gasteiger partial charge >= 0.3 is 0 Å². The Bertz CT molecular complexity index is 1020. The quantitative estimate of drug-likeness (QED) is 0.581. The van der Waals surface area contributed by atoms with Crippen molar-refractivity contribution in [1.29, 1.82) is 0 Å². The molecule has 1 aromatic heterocycles. The summed E-state index contributed by atoms with van der Waals surface area (Å²) < 4.78 is 20.7. The van der Waals surface area contributed by atoms with Crippen LogP contribution in [-0.4, -0.2) is 36.6 Å². The fourth-order valence-electron chi connectivity index (χ4n) is 2.77. The molecule has 0 fully saturated rings. The Kier molecular flexibility index (Phi) is 6.51. The third-order valence-electron chi connectivity index (χ3n) is 4.21. The van der Waals surface area contributed by atoms with Gasteiger partial charge in [0.2, 0.25) is 0 Å². The summed E-state index contributed by atoms with van der Waals surface area (Å²) in [6, 6.07) is 12.6. The second-order valence-corrected chi connectivity index (χ2v) is 6.49. The predicted molar refractivity (Wildman–Crippen MR) is 108 cm³/mol. The summed E-state index contributed by atoms with van der Waals surface area (Å²) in [5, 5.41) is 5.63. The number of halogens is 2. The first-order valence-electron chi connectivity index (χ1n) is 8.83. The number of ether oxygens (including phenoxy) is 1. The number of aromatic nitrogens is 1. The summed E-state index contributed by atoms with van der Waals surface area (Å²) in [7, 11) is 1.47. The zero-order valence-corrected chi connectivity index (χ0v) is 16.4. The number of benzene rings is 2. The monoisotopic (exact) mass is 415 g/mol. The van der Waals surface area contributed by atoms with E-state index in [0.29, 0.717) is 16.5 Å². The molecule has 3 rings (SSSR count). The lowest BCUT2D eigenvalue weighted by atomic mass is 10.1. The molecule has 0 radical (unpaired) electrons. The molecule has 0 atom stereocenters. The van der Waals surface area contributed by atoms with Crippen LogP contribution >= 0.6 is 11.6 Å². The number of carbonyl (C=O) groups excluding carboxylic acids is 2. The molecule has 3 aromatic rings. The largest absolute Gasteiger partial charge is 0.496 e. The van der Waals surface area contributed by atoms with Crippen LogP contribution < -0.4 is 15.4 Å². The van der Waals surface area contributed by atoms with Crippen molar-refractivity contribution < 1.29 is 18.7 Å². The number of hydrogen-bond donors (Lipinski definition) is 2. The Morgan fingerprint density at radius 3 is 2.24 bits per heavy atom. The Morgan fingerprint density at radius 2 is 1.62 bits per heavy atom. The van der Waals surface area contributed by atoms with E-state index in [0.717, 1.165) is 0 Å². The van der Waals surface area contributed by atoms with Gasteiger partial charge in [-0.15, -0.1) is 0 Å². The number of amides is 2. The Morgan fingerprint density at radius 1 is 1.00 bits per heavy atom. The molecule has 1 heterocycles. The number of carbonyl (C=O) groups is 2. The molecular weight excluding hydrogens is 397 g/mol. The van der Waals surface area contributed by atoms with Gasteiger partial charge in [0, 0.05) is 31.5 Å². The van der Waals surface area contributed by atoms with Crippen molar-refractivity contribution in [2.45, 2.75) is 0 Å². The van der Waals surface area contributed by atoms with Gasteiger partial charge in [0.05, 0.1) is 28.9 Å². The van der Waals surface area contributed by atoms with E-state index in [9.17, 15) is 14.0 Å². The van der Waals surface area contributed by atoms with Gasteiger partial charge < -0.3 is 19.9 Å². The maximum absolute atomic E-state index is 13.6. The highest BCUT2D eigenvalue weighted by atomic mass is 35.5. The van der Waals surface area contributed by atoms with Gasteiger partial charge in [-0.2, -0.15) is 0 Å².